The van der Waals surface area contributed by atoms with E-state index in [0.717, 1.165) is 0 Å². The van der Waals surface area contributed by atoms with Crippen LogP contribution < -0.4 is 4.74 Å². The zero-order valence-electron chi connectivity index (χ0n) is 10.9. The number of nitrogens with zero attached hydrogens (tertiary/aromatic N) is 3. The molecule has 2 rings (SSSR count). The van der Waals surface area contributed by atoms with Gasteiger partial charge in [0.05, 0.1) is 18.3 Å². The average Bonchev–Trinajstić information content (AvgIpc) is 2.82. The fourth-order valence-electron chi connectivity index (χ4n) is 1.73. The van der Waals surface area contributed by atoms with Crippen LogP contribution in [0, 0.1) is 0 Å². The van der Waals surface area contributed by atoms with Crippen molar-refractivity contribution in [2.45, 2.75) is 19.9 Å². The van der Waals surface area contributed by atoms with Crippen LogP contribution in [0.4, 0.5) is 0 Å². The third-order valence-corrected chi connectivity index (χ3v) is 2.87. The number of pyridine rings is 1. The molecule has 0 unspecified atom stereocenters. The molecule has 0 bridgehead atoms. The standard InChI is InChI=1S/C13H14ClN3O2/c1-8(2)17-12(11(19-3)7-16-17)13(18)10-5-4-9(14)6-15-10/h4-8H,1-3H3. The number of ether oxygens (including phenoxy) is 1. The number of ketones is 1. The van der Waals surface area contributed by atoms with Crippen LogP contribution in [0.15, 0.2) is 24.5 Å². The first kappa shape index (κ1) is 13.5. The van der Waals surface area contributed by atoms with Crippen molar-refractivity contribution in [3.63, 3.8) is 0 Å². The number of methoxy groups -OCH3 is 1. The highest BCUT2D eigenvalue weighted by molar-refractivity contribution is 6.30. The molecule has 0 spiro atoms. The first-order chi connectivity index (χ1) is 9.04. The average molecular weight is 280 g/mol. The van der Waals surface area contributed by atoms with Gasteiger partial charge in [0.2, 0.25) is 5.78 Å². The maximum atomic E-state index is 12.5. The highest BCUT2D eigenvalue weighted by Crippen LogP contribution is 2.23. The van der Waals surface area contributed by atoms with Gasteiger partial charge in [0.15, 0.2) is 11.4 Å². The first-order valence-electron chi connectivity index (χ1n) is 5.82. The molecule has 2 aromatic heterocycles. The van der Waals surface area contributed by atoms with Gasteiger partial charge in [-0.25, -0.2) is 0 Å². The normalized spacial score (nSPS) is 10.8. The van der Waals surface area contributed by atoms with Gasteiger partial charge in [-0.15, -0.1) is 0 Å². The molecule has 19 heavy (non-hydrogen) atoms. The highest BCUT2D eigenvalue weighted by atomic mass is 35.5. The van der Waals surface area contributed by atoms with Crippen LogP contribution in [-0.4, -0.2) is 27.7 Å². The van der Waals surface area contributed by atoms with E-state index in [1.54, 1.807) is 16.8 Å². The van der Waals surface area contributed by atoms with E-state index < -0.39 is 0 Å². The lowest BCUT2D eigenvalue weighted by atomic mass is 10.1. The van der Waals surface area contributed by atoms with Crippen LogP contribution in [-0.2, 0) is 0 Å². The Kier molecular flexibility index (Phi) is 3.85. The van der Waals surface area contributed by atoms with Crippen molar-refractivity contribution in [3.8, 4) is 5.75 Å². The number of halogens is 1. The van der Waals surface area contributed by atoms with Crippen molar-refractivity contribution in [1.29, 1.82) is 0 Å². The molecule has 6 heteroatoms. The van der Waals surface area contributed by atoms with Gasteiger partial charge in [0, 0.05) is 12.2 Å². The van der Waals surface area contributed by atoms with E-state index in [-0.39, 0.29) is 11.8 Å². The Labute approximate surface area is 116 Å². The number of hydrogen-bond donors (Lipinski definition) is 0. The zero-order chi connectivity index (χ0) is 14.0. The molecular weight excluding hydrogens is 266 g/mol. The number of carbonyl (C=O) groups is 1. The molecule has 2 heterocycles. The summed E-state index contributed by atoms with van der Waals surface area (Å²) in [7, 11) is 1.51. The quantitative estimate of drug-likeness (QED) is 0.808. The lowest BCUT2D eigenvalue weighted by molar-refractivity contribution is 0.101. The predicted molar refractivity (Wildman–Crippen MR) is 71.8 cm³/mol. The van der Waals surface area contributed by atoms with Crippen LogP contribution >= 0.6 is 11.6 Å². The summed E-state index contributed by atoms with van der Waals surface area (Å²) in [5.41, 5.74) is 0.706. The van der Waals surface area contributed by atoms with Crippen molar-refractivity contribution < 1.29 is 9.53 Å². The second-order valence-electron chi connectivity index (χ2n) is 4.29. The molecule has 0 atom stereocenters. The Morgan fingerprint density at radius 3 is 2.63 bits per heavy atom. The lowest BCUT2D eigenvalue weighted by Crippen LogP contribution is -2.15. The Balaban J connectivity index is 2.48. The molecule has 0 radical (unpaired) electrons. The summed E-state index contributed by atoms with van der Waals surface area (Å²) < 4.78 is 6.81. The minimum Gasteiger partial charge on any atom is -0.493 e. The molecular formula is C13H14ClN3O2. The lowest BCUT2D eigenvalue weighted by Gasteiger charge is -2.10. The Bertz CT molecular complexity index is 590. The van der Waals surface area contributed by atoms with Gasteiger partial charge in [-0.05, 0) is 26.0 Å². The van der Waals surface area contributed by atoms with Gasteiger partial charge in [0.1, 0.15) is 5.69 Å². The topological polar surface area (TPSA) is 57.0 Å². The van der Waals surface area contributed by atoms with Gasteiger partial charge >= 0.3 is 0 Å². The van der Waals surface area contributed by atoms with Gasteiger partial charge in [0.25, 0.3) is 0 Å². The summed E-state index contributed by atoms with van der Waals surface area (Å²) >= 11 is 5.77. The van der Waals surface area contributed by atoms with Crippen molar-refractivity contribution >= 4 is 17.4 Å². The van der Waals surface area contributed by atoms with Crippen molar-refractivity contribution in [3.05, 3.63) is 40.9 Å². The molecule has 0 saturated heterocycles. The molecule has 0 aliphatic carbocycles. The predicted octanol–water partition coefficient (Wildman–Crippen LogP) is 2.75. The Morgan fingerprint density at radius 2 is 2.11 bits per heavy atom. The van der Waals surface area contributed by atoms with Crippen LogP contribution in [0.2, 0.25) is 5.02 Å². The number of carbonyl (C=O) groups excluding carboxylic acids is 1. The molecule has 0 N–H and O–H groups in total. The minimum absolute atomic E-state index is 0.0511. The molecule has 5 nitrogen and oxygen atoms in total. The van der Waals surface area contributed by atoms with E-state index in [1.165, 1.54) is 19.5 Å². The molecule has 0 aliphatic rings. The molecule has 0 fully saturated rings. The van der Waals surface area contributed by atoms with E-state index in [0.29, 0.717) is 22.2 Å². The van der Waals surface area contributed by atoms with E-state index >= 15 is 0 Å². The van der Waals surface area contributed by atoms with Gasteiger partial charge in [-0.1, -0.05) is 11.6 Å². The minimum atomic E-state index is -0.236. The molecule has 100 valence electrons. The molecule has 0 aliphatic heterocycles. The van der Waals surface area contributed by atoms with Crippen molar-refractivity contribution in [1.82, 2.24) is 14.8 Å². The van der Waals surface area contributed by atoms with Crippen molar-refractivity contribution in [2.24, 2.45) is 0 Å². The highest BCUT2D eigenvalue weighted by Gasteiger charge is 2.23. The van der Waals surface area contributed by atoms with Crippen LogP contribution in [0.3, 0.4) is 0 Å². The van der Waals surface area contributed by atoms with Crippen LogP contribution in [0.25, 0.3) is 0 Å². The molecule has 0 saturated carbocycles. The maximum Gasteiger partial charge on any atom is 0.233 e. The summed E-state index contributed by atoms with van der Waals surface area (Å²) in [6.45, 7) is 3.89. The number of rotatable bonds is 4. The monoisotopic (exact) mass is 279 g/mol. The fourth-order valence-corrected chi connectivity index (χ4v) is 1.85. The van der Waals surface area contributed by atoms with Crippen LogP contribution in [0.1, 0.15) is 36.1 Å². The zero-order valence-corrected chi connectivity index (χ0v) is 11.7. The molecule has 0 amide bonds. The van der Waals surface area contributed by atoms with Gasteiger partial charge in [-0.3, -0.25) is 14.5 Å². The Morgan fingerprint density at radius 1 is 1.37 bits per heavy atom. The summed E-state index contributed by atoms with van der Waals surface area (Å²) in [6, 6.07) is 3.27. The van der Waals surface area contributed by atoms with E-state index in [2.05, 4.69) is 10.1 Å². The second-order valence-corrected chi connectivity index (χ2v) is 4.73. The third-order valence-electron chi connectivity index (χ3n) is 2.65. The van der Waals surface area contributed by atoms with Crippen LogP contribution in [0.5, 0.6) is 5.75 Å². The fraction of sp³-hybridized carbons (Fsp3) is 0.308. The third kappa shape index (κ3) is 2.61. The smallest absolute Gasteiger partial charge is 0.233 e. The summed E-state index contributed by atoms with van der Waals surface area (Å²) in [4.78, 5) is 16.5. The summed E-state index contributed by atoms with van der Waals surface area (Å²) in [6.07, 6.45) is 2.97. The SMILES string of the molecule is COc1cnn(C(C)C)c1C(=O)c1ccc(Cl)cn1. The van der Waals surface area contributed by atoms with E-state index in [4.69, 9.17) is 16.3 Å². The molecule has 2 aromatic rings. The maximum absolute atomic E-state index is 12.5. The number of hydrogen-bond acceptors (Lipinski definition) is 4. The molecule has 0 aromatic carbocycles. The van der Waals surface area contributed by atoms with E-state index in [9.17, 15) is 4.79 Å². The first-order valence-corrected chi connectivity index (χ1v) is 6.20. The van der Waals surface area contributed by atoms with Gasteiger partial charge in [-0.2, -0.15) is 5.10 Å². The Hall–Kier alpha value is -1.88. The second kappa shape index (κ2) is 5.40. The summed E-state index contributed by atoms with van der Waals surface area (Å²) in [5.74, 6) is 0.204. The van der Waals surface area contributed by atoms with Gasteiger partial charge < -0.3 is 4.74 Å². The largest absolute Gasteiger partial charge is 0.493 e. The number of aromatic nitrogens is 3. The van der Waals surface area contributed by atoms with E-state index in [1.807, 2.05) is 13.8 Å². The summed E-state index contributed by atoms with van der Waals surface area (Å²) in [5, 5.41) is 4.65. The van der Waals surface area contributed by atoms with Crippen molar-refractivity contribution in [2.75, 3.05) is 7.11 Å².